The fourth-order valence-electron chi connectivity index (χ4n) is 2.75. The second kappa shape index (κ2) is 7.58. The molecule has 0 spiro atoms. The minimum absolute atomic E-state index is 0.387. The SMILES string of the molecule is COC(=O)C(Nc1ccc(C#N)cc1)c1ccc2cc(OC)ccc2c1. The number of nitrogens with one attached hydrogen (secondary N) is 1. The average Bonchev–Trinajstić information content (AvgIpc) is 2.71. The van der Waals surface area contributed by atoms with Crippen molar-refractivity contribution >= 4 is 22.4 Å². The topological polar surface area (TPSA) is 71.3 Å². The summed E-state index contributed by atoms with van der Waals surface area (Å²) in [5, 5.41) is 14.1. The van der Waals surface area contributed by atoms with E-state index in [0.717, 1.165) is 27.8 Å². The molecular weight excluding hydrogens is 328 g/mol. The van der Waals surface area contributed by atoms with Crippen LogP contribution < -0.4 is 10.1 Å². The van der Waals surface area contributed by atoms with Gasteiger partial charge in [0.1, 0.15) is 5.75 Å². The number of benzene rings is 3. The van der Waals surface area contributed by atoms with Crippen molar-refractivity contribution in [3.63, 3.8) is 0 Å². The molecule has 0 amide bonds. The van der Waals surface area contributed by atoms with Crippen molar-refractivity contribution < 1.29 is 14.3 Å². The number of carbonyl (C=O) groups excluding carboxylic acids is 1. The number of nitrogens with zero attached hydrogens (tertiary/aromatic N) is 1. The number of esters is 1. The molecule has 0 aliphatic carbocycles. The Morgan fingerprint density at radius 2 is 1.69 bits per heavy atom. The molecule has 0 saturated heterocycles. The summed E-state index contributed by atoms with van der Waals surface area (Å²) < 4.78 is 10.2. The van der Waals surface area contributed by atoms with Crippen LogP contribution >= 0.6 is 0 Å². The monoisotopic (exact) mass is 346 g/mol. The summed E-state index contributed by atoms with van der Waals surface area (Å²) in [4.78, 5) is 12.3. The summed E-state index contributed by atoms with van der Waals surface area (Å²) in [5.74, 6) is 0.396. The molecule has 3 aromatic rings. The fraction of sp³-hybridized carbons (Fsp3) is 0.143. The maximum absolute atomic E-state index is 12.3. The zero-order chi connectivity index (χ0) is 18.5. The van der Waals surface area contributed by atoms with E-state index in [-0.39, 0.29) is 5.97 Å². The molecule has 1 atom stereocenters. The zero-order valence-corrected chi connectivity index (χ0v) is 14.5. The van der Waals surface area contributed by atoms with Crippen molar-refractivity contribution in [3.8, 4) is 11.8 Å². The molecule has 0 saturated carbocycles. The Labute approximate surface area is 151 Å². The molecule has 3 aromatic carbocycles. The van der Waals surface area contributed by atoms with Crippen LogP contribution in [0.1, 0.15) is 17.2 Å². The van der Waals surface area contributed by atoms with Crippen LogP contribution in [0.25, 0.3) is 10.8 Å². The van der Waals surface area contributed by atoms with Gasteiger partial charge in [0.15, 0.2) is 6.04 Å². The van der Waals surface area contributed by atoms with Crippen LogP contribution in [0.3, 0.4) is 0 Å². The van der Waals surface area contributed by atoms with Crippen LogP contribution in [-0.4, -0.2) is 20.2 Å². The fourth-order valence-corrected chi connectivity index (χ4v) is 2.75. The van der Waals surface area contributed by atoms with E-state index in [4.69, 9.17) is 14.7 Å². The normalized spacial score (nSPS) is 11.4. The van der Waals surface area contributed by atoms with E-state index in [0.29, 0.717) is 5.56 Å². The van der Waals surface area contributed by atoms with E-state index in [1.165, 1.54) is 7.11 Å². The van der Waals surface area contributed by atoms with Crippen molar-refractivity contribution in [2.24, 2.45) is 0 Å². The molecular formula is C21H18N2O3. The lowest BCUT2D eigenvalue weighted by Gasteiger charge is -2.19. The molecule has 0 heterocycles. The Bertz CT molecular complexity index is 975. The van der Waals surface area contributed by atoms with Crippen molar-refractivity contribution in [2.75, 3.05) is 19.5 Å². The Morgan fingerprint density at radius 1 is 1.00 bits per heavy atom. The van der Waals surface area contributed by atoms with Crippen LogP contribution in [0.2, 0.25) is 0 Å². The minimum atomic E-state index is -0.653. The maximum Gasteiger partial charge on any atom is 0.332 e. The highest BCUT2D eigenvalue weighted by molar-refractivity contribution is 5.87. The van der Waals surface area contributed by atoms with Crippen molar-refractivity contribution in [1.82, 2.24) is 0 Å². The molecule has 5 heteroatoms. The summed E-state index contributed by atoms with van der Waals surface area (Å²) in [6, 6.07) is 19.9. The van der Waals surface area contributed by atoms with Gasteiger partial charge in [0.05, 0.1) is 25.9 Å². The number of anilines is 1. The number of rotatable bonds is 5. The molecule has 1 unspecified atom stereocenters. The smallest absolute Gasteiger partial charge is 0.332 e. The van der Waals surface area contributed by atoms with E-state index in [9.17, 15) is 4.79 Å². The van der Waals surface area contributed by atoms with Crippen LogP contribution in [0.15, 0.2) is 60.7 Å². The Balaban J connectivity index is 1.95. The second-order valence-electron chi connectivity index (χ2n) is 5.76. The van der Waals surface area contributed by atoms with E-state index in [1.54, 1.807) is 31.4 Å². The van der Waals surface area contributed by atoms with Gasteiger partial charge >= 0.3 is 5.97 Å². The summed E-state index contributed by atoms with van der Waals surface area (Å²) in [5.41, 5.74) is 2.08. The highest BCUT2D eigenvalue weighted by atomic mass is 16.5. The predicted molar refractivity (Wildman–Crippen MR) is 100 cm³/mol. The van der Waals surface area contributed by atoms with E-state index in [2.05, 4.69) is 11.4 Å². The number of methoxy groups -OCH3 is 2. The first-order valence-corrected chi connectivity index (χ1v) is 8.07. The maximum atomic E-state index is 12.3. The summed E-state index contributed by atoms with van der Waals surface area (Å²) in [6.07, 6.45) is 0. The van der Waals surface area contributed by atoms with Gasteiger partial charge in [-0.3, -0.25) is 0 Å². The first-order valence-electron chi connectivity index (χ1n) is 8.07. The Kier molecular flexibility index (Phi) is 5.04. The van der Waals surface area contributed by atoms with Gasteiger partial charge in [0, 0.05) is 5.69 Å². The van der Waals surface area contributed by atoms with E-state index < -0.39 is 6.04 Å². The van der Waals surface area contributed by atoms with Crippen molar-refractivity contribution in [1.29, 1.82) is 5.26 Å². The summed E-state index contributed by atoms with van der Waals surface area (Å²) >= 11 is 0. The van der Waals surface area contributed by atoms with Crippen LogP contribution in [0, 0.1) is 11.3 Å². The molecule has 0 fully saturated rings. The molecule has 3 rings (SSSR count). The highest BCUT2D eigenvalue weighted by Crippen LogP contribution is 2.27. The zero-order valence-electron chi connectivity index (χ0n) is 14.5. The number of hydrogen-bond donors (Lipinski definition) is 1. The first kappa shape index (κ1) is 17.3. The Morgan fingerprint density at radius 3 is 2.35 bits per heavy atom. The molecule has 0 radical (unpaired) electrons. The van der Waals surface area contributed by atoms with E-state index in [1.807, 2.05) is 36.4 Å². The molecule has 26 heavy (non-hydrogen) atoms. The number of carbonyl (C=O) groups is 1. The number of ether oxygens (including phenoxy) is 2. The second-order valence-corrected chi connectivity index (χ2v) is 5.76. The molecule has 0 aliphatic heterocycles. The van der Waals surface area contributed by atoms with Gasteiger partial charge in [0.2, 0.25) is 0 Å². The first-order chi connectivity index (χ1) is 12.6. The average molecular weight is 346 g/mol. The van der Waals surface area contributed by atoms with Gasteiger partial charge in [-0.05, 0) is 58.8 Å². The molecule has 130 valence electrons. The van der Waals surface area contributed by atoms with Crippen LogP contribution in [-0.2, 0) is 9.53 Å². The lowest BCUT2D eigenvalue weighted by molar-refractivity contribution is -0.141. The van der Waals surface area contributed by atoms with Crippen LogP contribution in [0.4, 0.5) is 5.69 Å². The third-order valence-corrected chi connectivity index (χ3v) is 4.17. The van der Waals surface area contributed by atoms with Crippen LogP contribution in [0.5, 0.6) is 5.75 Å². The Hall–Kier alpha value is -3.52. The van der Waals surface area contributed by atoms with Gasteiger partial charge in [-0.2, -0.15) is 5.26 Å². The van der Waals surface area contributed by atoms with E-state index >= 15 is 0 Å². The third-order valence-electron chi connectivity index (χ3n) is 4.17. The van der Waals surface area contributed by atoms with Crippen molar-refractivity contribution in [3.05, 3.63) is 71.8 Å². The predicted octanol–water partition coefficient (Wildman–Crippen LogP) is 4.05. The number of hydrogen-bond acceptors (Lipinski definition) is 5. The van der Waals surface area contributed by atoms with Gasteiger partial charge in [-0.1, -0.05) is 18.2 Å². The summed E-state index contributed by atoms with van der Waals surface area (Å²) in [7, 11) is 2.99. The van der Waals surface area contributed by atoms with Gasteiger partial charge in [-0.25, -0.2) is 4.79 Å². The van der Waals surface area contributed by atoms with Crippen molar-refractivity contribution in [2.45, 2.75) is 6.04 Å². The minimum Gasteiger partial charge on any atom is -0.497 e. The summed E-state index contributed by atoms with van der Waals surface area (Å²) in [6.45, 7) is 0. The molecule has 0 bridgehead atoms. The lowest BCUT2D eigenvalue weighted by atomic mass is 10.0. The van der Waals surface area contributed by atoms with Gasteiger partial charge in [0.25, 0.3) is 0 Å². The standard InChI is InChI=1S/C21H18N2O3/c1-25-19-10-7-15-11-17(6-5-16(15)12-19)20(21(24)26-2)23-18-8-3-14(13-22)4-9-18/h3-12,20,23H,1-2H3. The highest BCUT2D eigenvalue weighted by Gasteiger charge is 2.21. The van der Waals surface area contributed by atoms with Gasteiger partial charge < -0.3 is 14.8 Å². The lowest BCUT2D eigenvalue weighted by Crippen LogP contribution is -2.22. The molecule has 5 nitrogen and oxygen atoms in total. The van der Waals surface area contributed by atoms with Gasteiger partial charge in [-0.15, -0.1) is 0 Å². The number of fused-ring (bicyclic) bond motifs is 1. The largest absolute Gasteiger partial charge is 0.497 e. The number of nitriles is 1. The molecule has 0 aliphatic rings. The molecule has 1 N–H and O–H groups in total. The molecule has 0 aromatic heterocycles. The quantitative estimate of drug-likeness (QED) is 0.706. The third kappa shape index (κ3) is 3.60.